The molecular formula is C13H20N2O4S. The lowest BCUT2D eigenvalue weighted by atomic mass is 10.0. The molecule has 0 bridgehead atoms. The maximum absolute atomic E-state index is 12.4. The van der Waals surface area contributed by atoms with Crippen molar-refractivity contribution in [3.8, 4) is 0 Å². The standard InChI is InChI=1S/C13H20N2O4S/c1-4-15-8-10(7-11(15)12(16)17)20(18,19)14-13(2,3)9-5-6-9/h7-9,14H,4-6H2,1-3H3,(H,16,17). The molecular weight excluding hydrogens is 280 g/mol. The number of aromatic nitrogens is 1. The van der Waals surface area contributed by atoms with Crippen LogP contribution in [0.15, 0.2) is 17.2 Å². The van der Waals surface area contributed by atoms with Crippen LogP contribution in [0.1, 0.15) is 44.1 Å². The molecule has 1 fully saturated rings. The first-order chi connectivity index (χ1) is 9.17. The van der Waals surface area contributed by atoms with Gasteiger partial charge in [-0.2, -0.15) is 0 Å². The number of hydrogen-bond donors (Lipinski definition) is 2. The lowest BCUT2D eigenvalue weighted by Gasteiger charge is -2.25. The molecule has 1 aliphatic rings. The second-order valence-electron chi connectivity index (χ2n) is 5.75. The van der Waals surface area contributed by atoms with Crippen molar-refractivity contribution < 1.29 is 18.3 Å². The first kappa shape index (κ1) is 15.1. The summed E-state index contributed by atoms with van der Waals surface area (Å²) in [6, 6.07) is 1.21. The van der Waals surface area contributed by atoms with Crippen molar-refractivity contribution in [2.45, 2.75) is 50.6 Å². The van der Waals surface area contributed by atoms with Crippen LogP contribution in [-0.4, -0.2) is 29.6 Å². The molecule has 7 heteroatoms. The first-order valence-electron chi connectivity index (χ1n) is 6.65. The molecule has 0 amide bonds. The largest absolute Gasteiger partial charge is 0.477 e. The van der Waals surface area contributed by atoms with E-state index in [2.05, 4.69) is 4.72 Å². The molecule has 0 radical (unpaired) electrons. The number of nitrogens with zero attached hydrogens (tertiary/aromatic N) is 1. The van der Waals surface area contributed by atoms with Crippen molar-refractivity contribution in [2.75, 3.05) is 0 Å². The van der Waals surface area contributed by atoms with Gasteiger partial charge in [0, 0.05) is 18.3 Å². The van der Waals surface area contributed by atoms with Gasteiger partial charge in [-0.3, -0.25) is 0 Å². The van der Waals surface area contributed by atoms with Gasteiger partial charge in [-0.1, -0.05) is 0 Å². The monoisotopic (exact) mass is 300 g/mol. The molecule has 0 atom stereocenters. The van der Waals surface area contributed by atoms with Gasteiger partial charge in [0.25, 0.3) is 0 Å². The van der Waals surface area contributed by atoms with Crippen molar-refractivity contribution in [3.63, 3.8) is 0 Å². The number of carboxylic acid groups (broad SMARTS) is 1. The van der Waals surface area contributed by atoms with Crippen LogP contribution in [0.5, 0.6) is 0 Å². The van der Waals surface area contributed by atoms with E-state index in [1.807, 2.05) is 13.8 Å². The fourth-order valence-corrected chi connectivity index (χ4v) is 3.87. The highest BCUT2D eigenvalue weighted by Gasteiger charge is 2.41. The second-order valence-corrected chi connectivity index (χ2v) is 7.44. The zero-order chi connectivity index (χ0) is 15.1. The third-order valence-corrected chi connectivity index (χ3v) is 5.38. The number of hydrogen-bond acceptors (Lipinski definition) is 3. The number of aromatic carboxylic acids is 1. The van der Waals surface area contributed by atoms with E-state index >= 15 is 0 Å². The molecule has 2 N–H and O–H groups in total. The van der Waals surface area contributed by atoms with Gasteiger partial charge in [-0.15, -0.1) is 0 Å². The van der Waals surface area contributed by atoms with E-state index in [-0.39, 0.29) is 10.6 Å². The molecule has 1 aliphatic carbocycles. The highest BCUT2D eigenvalue weighted by Crippen LogP contribution is 2.40. The summed E-state index contributed by atoms with van der Waals surface area (Å²) in [5.74, 6) is -0.778. The van der Waals surface area contributed by atoms with Gasteiger partial charge in [0.1, 0.15) is 10.6 Å². The third-order valence-electron chi connectivity index (χ3n) is 3.74. The summed E-state index contributed by atoms with van der Waals surface area (Å²) >= 11 is 0. The fourth-order valence-electron chi connectivity index (χ4n) is 2.36. The van der Waals surface area contributed by atoms with Crippen LogP contribution in [-0.2, 0) is 16.6 Å². The van der Waals surface area contributed by atoms with Gasteiger partial charge < -0.3 is 9.67 Å². The Kier molecular flexibility index (Phi) is 3.68. The normalized spacial score (nSPS) is 16.4. The maximum Gasteiger partial charge on any atom is 0.352 e. The summed E-state index contributed by atoms with van der Waals surface area (Å²) in [7, 11) is -3.70. The van der Waals surface area contributed by atoms with E-state index < -0.39 is 21.5 Å². The minimum atomic E-state index is -3.70. The molecule has 0 aliphatic heterocycles. The van der Waals surface area contributed by atoms with E-state index in [0.717, 1.165) is 12.8 Å². The highest BCUT2D eigenvalue weighted by atomic mass is 32.2. The summed E-state index contributed by atoms with van der Waals surface area (Å²) in [5, 5.41) is 9.07. The van der Waals surface area contributed by atoms with Crippen molar-refractivity contribution in [1.82, 2.24) is 9.29 Å². The van der Waals surface area contributed by atoms with Crippen LogP contribution >= 0.6 is 0 Å². The Morgan fingerprint density at radius 2 is 2.10 bits per heavy atom. The van der Waals surface area contributed by atoms with Gasteiger partial charge >= 0.3 is 5.97 Å². The summed E-state index contributed by atoms with van der Waals surface area (Å²) in [6.45, 7) is 5.89. The highest BCUT2D eigenvalue weighted by molar-refractivity contribution is 7.89. The second kappa shape index (κ2) is 4.89. The molecule has 2 rings (SSSR count). The van der Waals surface area contributed by atoms with Crippen LogP contribution < -0.4 is 4.72 Å². The van der Waals surface area contributed by atoms with Crippen molar-refractivity contribution in [3.05, 3.63) is 18.0 Å². The molecule has 1 heterocycles. The lowest BCUT2D eigenvalue weighted by Crippen LogP contribution is -2.44. The Morgan fingerprint density at radius 3 is 2.50 bits per heavy atom. The molecule has 0 spiro atoms. The number of carboxylic acids is 1. The predicted molar refractivity (Wildman–Crippen MR) is 74.2 cm³/mol. The smallest absolute Gasteiger partial charge is 0.352 e. The minimum Gasteiger partial charge on any atom is -0.477 e. The summed E-state index contributed by atoms with van der Waals surface area (Å²) in [4.78, 5) is 11.1. The molecule has 0 saturated heterocycles. The fraction of sp³-hybridized carbons (Fsp3) is 0.615. The van der Waals surface area contributed by atoms with Crippen molar-refractivity contribution in [2.24, 2.45) is 5.92 Å². The van der Waals surface area contributed by atoms with Gasteiger partial charge in [0.2, 0.25) is 10.0 Å². The zero-order valence-electron chi connectivity index (χ0n) is 11.9. The number of nitrogens with one attached hydrogen (secondary N) is 1. The van der Waals surface area contributed by atoms with Crippen LogP contribution in [0.4, 0.5) is 0 Å². The van der Waals surface area contributed by atoms with Crippen LogP contribution in [0.25, 0.3) is 0 Å². The molecule has 1 aromatic heterocycles. The Labute approximate surface area is 118 Å². The van der Waals surface area contributed by atoms with E-state index in [1.165, 1.54) is 16.8 Å². The van der Waals surface area contributed by atoms with Gasteiger partial charge in [-0.05, 0) is 45.6 Å². The third kappa shape index (κ3) is 2.88. The Morgan fingerprint density at radius 1 is 1.50 bits per heavy atom. The Hall–Kier alpha value is -1.34. The SMILES string of the molecule is CCn1cc(S(=O)(=O)NC(C)(C)C2CC2)cc1C(=O)O. The van der Waals surface area contributed by atoms with E-state index in [1.54, 1.807) is 6.92 Å². The molecule has 6 nitrogen and oxygen atoms in total. The molecule has 0 aromatic carbocycles. The van der Waals surface area contributed by atoms with Gasteiger partial charge in [0.05, 0.1) is 0 Å². The quantitative estimate of drug-likeness (QED) is 0.836. The van der Waals surface area contributed by atoms with Gasteiger partial charge in [0.15, 0.2) is 0 Å². The molecule has 1 aromatic rings. The topological polar surface area (TPSA) is 88.4 Å². The van der Waals surface area contributed by atoms with Crippen LogP contribution in [0.2, 0.25) is 0 Å². The van der Waals surface area contributed by atoms with Crippen LogP contribution in [0.3, 0.4) is 0 Å². The summed E-state index contributed by atoms with van der Waals surface area (Å²) < 4.78 is 28.8. The van der Waals surface area contributed by atoms with Gasteiger partial charge in [-0.25, -0.2) is 17.9 Å². The predicted octanol–water partition coefficient (Wildman–Crippen LogP) is 1.67. The van der Waals surface area contributed by atoms with Crippen molar-refractivity contribution in [1.29, 1.82) is 0 Å². The number of aryl methyl sites for hydroxylation is 1. The lowest BCUT2D eigenvalue weighted by molar-refractivity contribution is 0.0685. The summed E-state index contributed by atoms with van der Waals surface area (Å²) in [6.07, 6.45) is 3.41. The average molecular weight is 300 g/mol. The molecule has 1 saturated carbocycles. The number of carbonyl (C=O) groups is 1. The maximum atomic E-state index is 12.4. The molecule has 0 unspecified atom stereocenters. The van der Waals surface area contributed by atoms with Crippen molar-refractivity contribution >= 4 is 16.0 Å². The molecule has 20 heavy (non-hydrogen) atoms. The Balaban J connectivity index is 2.32. The number of rotatable bonds is 6. The van der Waals surface area contributed by atoms with E-state index in [4.69, 9.17) is 5.11 Å². The Bertz CT molecular complexity index is 627. The van der Waals surface area contributed by atoms with E-state index in [0.29, 0.717) is 12.5 Å². The molecule has 112 valence electrons. The summed E-state index contributed by atoms with van der Waals surface area (Å²) in [5.41, 5.74) is -0.520. The van der Waals surface area contributed by atoms with Crippen LogP contribution in [0, 0.1) is 5.92 Å². The number of sulfonamides is 1. The zero-order valence-corrected chi connectivity index (χ0v) is 12.7. The van der Waals surface area contributed by atoms with E-state index in [9.17, 15) is 13.2 Å². The average Bonchev–Trinajstić information content (AvgIpc) is 3.07. The minimum absolute atomic E-state index is 0.00507. The first-order valence-corrected chi connectivity index (χ1v) is 8.13.